The number of aliphatic imine (C=N–C) groups is 1. The molecule has 19 heavy (non-hydrogen) atoms. The Morgan fingerprint density at radius 1 is 1.26 bits per heavy atom. The molecule has 0 bridgehead atoms. The van der Waals surface area contributed by atoms with Crippen molar-refractivity contribution in [3.63, 3.8) is 0 Å². The van der Waals surface area contributed by atoms with Gasteiger partial charge in [-0.15, -0.1) is 0 Å². The third-order valence-electron chi connectivity index (χ3n) is 3.42. The fraction of sp³-hybridized carbons (Fsp3) is 0.0667. The van der Waals surface area contributed by atoms with Crippen molar-refractivity contribution in [3.05, 3.63) is 60.7 Å². The van der Waals surface area contributed by atoms with Crippen LogP contribution in [0.25, 0.3) is 16.7 Å². The van der Waals surface area contributed by atoms with Crippen LogP contribution in [0.5, 0.6) is 0 Å². The van der Waals surface area contributed by atoms with Gasteiger partial charge in [0.25, 0.3) is 0 Å². The molecule has 0 amide bonds. The highest BCUT2D eigenvalue weighted by molar-refractivity contribution is 5.84. The van der Waals surface area contributed by atoms with Crippen molar-refractivity contribution in [3.8, 4) is 0 Å². The fourth-order valence-electron chi connectivity index (χ4n) is 2.45. The summed E-state index contributed by atoms with van der Waals surface area (Å²) in [5, 5.41) is 4.49. The molecule has 0 fully saturated rings. The van der Waals surface area contributed by atoms with Crippen molar-refractivity contribution in [2.45, 2.75) is 6.04 Å². The minimum absolute atomic E-state index is 0.143. The molecule has 0 spiro atoms. The summed E-state index contributed by atoms with van der Waals surface area (Å²) >= 11 is 0. The van der Waals surface area contributed by atoms with Crippen LogP contribution in [0.2, 0.25) is 0 Å². The standard InChI is InChI=1S/C15H12N4/c1-5-16-10-14-11(1)4-8-19(14)15-9-12-2-6-17-13(12)3-7-18-15/h1-10,13,18H. The van der Waals surface area contributed by atoms with Gasteiger partial charge in [-0.1, -0.05) is 0 Å². The zero-order valence-electron chi connectivity index (χ0n) is 10.2. The predicted molar refractivity (Wildman–Crippen MR) is 76.6 cm³/mol. The number of aromatic nitrogens is 2. The summed E-state index contributed by atoms with van der Waals surface area (Å²) in [7, 11) is 0. The highest BCUT2D eigenvalue weighted by Gasteiger charge is 2.15. The lowest BCUT2D eigenvalue weighted by Crippen LogP contribution is -2.09. The molecule has 0 saturated heterocycles. The molecule has 0 aromatic carbocycles. The molecule has 1 unspecified atom stereocenters. The number of allylic oxidation sites excluding steroid dienone is 1. The number of fused-ring (bicyclic) bond motifs is 2. The van der Waals surface area contributed by atoms with Gasteiger partial charge in [0.1, 0.15) is 5.82 Å². The Hall–Kier alpha value is -2.62. The first kappa shape index (κ1) is 10.3. The number of hydrogen-bond acceptors (Lipinski definition) is 3. The summed E-state index contributed by atoms with van der Waals surface area (Å²) in [6, 6.07) is 4.25. The summed E-state index contributed by atoms with van der Waals surface area (Å²) in [6.07, 6.45) is 15.8. The van der Waals surface area contributed by atoms with Gasteiger partial charge in [-0.05, 0) is 35.9 Å². The number of hydrogen-bond donors (Lipinski definition) is 1. The van der Waals surface area contributed by atoms with E-state index in [2.05, 4.69) is 44.3 Å². The van der Waals surface area contributed by atoms with E-state index in [0.29, 0.717) is 0 Å². The van der Waals surface area contributed by atoms with E-state index >= 15 is 0 Å². The highest BCUT2D eigenvalue weighted by Crippen LogP contribution is 2.23. The van der Waals surface area contributed by atoms with E-state index in [-0.39, 0.29) is 6.04 Å². The first-order valence-electron chi connectivity index (χ1n) is 6.21. The van der Waals surface area contributed by atoms with E-state index in [1.807, 2.05) is 37.0 Å². The minimum atomic E-state index is 0.143. The van der Waals surface area contributed by atoms with Gasteiger partial charge in [-0.2, -0.15) is 0 Å². The van der Waals surface area contributed by atoms with Crippen LogP contribution in [-0.4, -0.2) is 21.8 Å². The Balaban J connectivity index is 1.86. The van der Waals surface area contributed by atoms with Gasteiger partial charge >= 0.3 is 0 Å². The van der Waals surface area contributed by atoms with Crippen LogP contribution >= 0.6 is 0 Å². The Morgan fingerprint density at radius 2 is 2.26 bits per heavy atom. The van der Waals surface area contributed by atoms with E-state index < -0.39 is 0 Å². The van der Waals surface area contributed by atoms with Crippen molar-refractivity contribution in [2.24, 2.45) is 4.99 Å². The SMILES string of the molecule is C1=CC2N=CC=C2C=C(n2ccc3ccncc32)N1. The van der Waals surface area contributed by atoms with Crippen molar-refractivity contribution in [2.75, 3.05) is 0 Å². The average Bonchev–Trinajstić information content (AvgIpc) is 3.01. The van der Waals surface area contributed by atoms with Crippen LogP contribution in [0.4, 0.5) is 0 Å². The third-order valence-corrected chi connectivity index (χ3v) is 3.42. The Bertz CT molecular complexity index is 761. The van der Waals surface area contributed by atoms with Crippen molar-refractivity contribution < 1.29 is 0 Å². The van der Waals surface area contributed by atoms with Crippen LogP contribution in [0.15, 0.2) is 65.7 Å². The highest BCUT2D eigenvalue weighted by atomic mass is 15.1. The molecule has 0 saturated carbocycles. The molecule has 1 atom stereocenters. The molecule has 4 heteroatoms. The van der Waals surface area contributed by atoms with E-state index in [1.165, 1.54) is 11.0 Å². The summed E-state index contributed by atoms with van der Waals surface area (Å²) < 4.78 is 2.11. The second kappa shape index (κ2) is 3.95. The number of nitrogens with one attached hydrogen (secondary N) is 1. The number of pyridine rings is 1. The Labute approximate surface area is 110 Å². The van der Waals surface area contributed by atoms with E-state index in [9.17, 15) is 0 Å². The largest absolute Gasteiger partial charge is 0.348 e. The molecule has 0 radical (unpaired) electrons. The van der Waals surface area contributed by atoms with Gasteiger partial charge in [-0.25, -0.2) is 0 Å². The van der Waals surface area contributed by atoms with E-state index in [0.717, 1.165) is 11.3 Å². The summed E-state index contributed by atoms with van der Waals surface area (Å²) in [4.78, 5) is 8.58. The molecular formula is C15H12N4. The first-order valence-corrected chi connectivity index (χ1v) is 6.21. The van der Waals surface area contributed by atoms with Gasteiger partial charge < -0.3 is 9.88 Å². The average molecular weight is 248 g/mol. The zero-order chi connectivity index (χ0) is 12.7. The van der Waals surface area contributed by atoms with Crippen molar-refractivity contribution in [1.29, 1.82) is 0 Å². The smallest absolute Gasteiger partial charge is 0.114 e. The normalized spacial score (nSPS) is 20.7. The predicted octanol–water partition coefficient (Wildman–Crippen LogP) is 2.33. The first-order chi connectivity index (χ1) is 9.42. The van der Waals surface area contributed by atoms with Gasteiger partial charge in [0.2, 0.25) is 0 Å². The lowest BCUT2D eigenvalue weighted by Gasteiger charge is -2.09. The van der Waals surface area contributed by atoms with Crippen molar-refractivity contribution >= 4 is 22.9 Å². The molecule has 4 heterocycles. The van der Waals surface area contributed by atoms with Gasteiger partial charge in [-0.3, -0.25) is 9.98 Å². The maximum atomic E-state index is 4.39. The van der Waals surface area contributed by atoms with Gasteiger partial charge in [0, 0.05) is 30.2 Å². The van der Waals surface area contributed by atoms with Crippen LogP contribution in [0, 0.1) is 0 Å². The quantitative estimate of drug-likeness (QED) is 0.841. The van der Waals surface area contributed by atoms with Gasteiger partial charge in [0.15, 0.2) is 0 Å². The molecule has 1 N–H and O–H groups in total. The maximum Gasteiger partial charge on any atom is 0.114 e. The van der Waals surface area contributed by atoms with Crippen LogP contribution in [0.1, 0.15) is 0 Å². The topological polar surface area (TPSA) is 42.2 Å². The fourth-order valence-corrected chi connectivity index (χ4v) is 2.45. The second-order valence-electron chi connectivity index (χ2n) is 4.56. The second-order valence-corrected chi connectivity index (χ2v) is 4.56. The molecule has 2 aliphatic heterocycles. The van der Waals surface area contributed by atoms with Crippen LogP contribution in [0.3, 0.4) is 0 Å². The number of nitrogens with zero attached hydrogens (tertiary/aromatic N) is 3. The lowest BCUT2D eigenvalue weighted by molar-refractivity contribution is 1.01. The van der Waals surface area contributed by atoms with Crippen molar-refractivity contribution in [1.82, 2.24) is 14.9 Å². The summed E-state index contributed by atoms with van der Waals surface area (Å²) in [5.74, 6) is 1.01. The zero-order valence-corrected chi connectivity index (χ0v) is 10.2. The molecule has 0 aliphatic carbocycles. The molecule has 2 aromatic heterocycles. The summed E-state index contributed by atoms with van der Waals surface area (Å²) in [6.45, 7) is 0. The third kappa shape index (κ3) is 1.61. The van der Waals surface area contributed by atoms with Gasteiger partial charge in [0.05, 0.1) is 17.8 Å². The Morgan fingerprint density at radius 3 is 3.26 bits per heavy atom. The van der Waals surface area contributed by atoms with E-state index in [1.54, 1.807) is 0 Å². The molecule has 2 aliphatic rings. The molecule has 92 valence electrons. The molecule has 4 nitrogen and oxygen atoms in total. The lowest BCUT2D eigenvalue weighted by atomic mass is 10.1. The van der Waals surface area contributed by atoms with Crippen LogP contribution < -0.4 is 5.32 Å². The van der Waals surface area contributed by atoms with E-state index in [4.69, 9.17) is 0 Å². The molecular weight excluding hydrogens is 236 g/mol. The molecule has 2 aromatic rings. The van der Waals surface area contributed by atoms with Crippen LogP contribution in [-0.2, 0) is 0 Å². The monoisotopic (exact) mass is 248 g/mol. The minimum Gasteiger partial charge on any atom is -0.348 e. The Kier molecular flexibility index (Phi) is 2.14. The summed E-state index contributed by atoms with van der Waals surface area (Å²) in [5.41, 5.74) is 2.29. The maximum absolute atomic E-state index is 4.39. The number of rotatable bonds is 1. The molecule has 4 rings (SSSR count).